The van der Waals surface area contributed by atoms with E-state index in [1.165, 1.54) is 19.2 Å². The molecule has 4 aromatic rings. The molecule has 164 valence electrons. The number of anilines is 1. The van der Waals surface area contributed by atoms with Crippen LogP contribution in [0.2, 0.25) is 0 Å². The molecule has 0 saturated heterocycles. The summed E-state index contributed by atoms with van der Waals surface area (Å²) in [6.45, 7) is 1.43. The van der Waals surface area contributed by atoms with Gasteiger partial charge in [0.05, 0.1) is 7.11 Å². The first kappa shape index (κ1) is 21.6. The SMILES string of the molecule is COc1cc(-c2ccc(F)cc2F)cc2c(NCCN(C)C)nc(-c3cccnc3)nc12. The van der Waals surface area contributed by atoms with Crippen LogP contribution in [0, 0.1) is 11.6 Å². The number of halogens is 2. The molecule has 2 aromatic heterocycles. The zero-order valence-corrected chi connectivity index (χ0v) is 18.1. The molecule has 0 aliphatic rings. The minimum Gasteiger partial charge on any atom is -0.494 e. The number of pyridine rings is 1. The number of likely N-dealkylation sites (N-methyl/N-ethyl adjacent to an activating group) is 1. The molecule has 0 bridgehead atoms. The number of nitrogens with zero attached hydrogens (tertiary/aromatic N) is 4. The third kappa shape index (κ3) is 4.50. The normalized spacial score (nSPS) is 11.2. The molecule has 0 fully saturated rings. The molecule has 0 spiro atoms. The summed E-state index contributed by atoms with van der Waals surface area (Å²) in [4.78, 5) is 15.6. The van der Waals surface area contributed by atoms with Gasteiger partial charge in [-0.3, -0.25) is 4.98 Å². The number of fused-ring (bicyclic) bond motifs is 1. The van der Waals surface area contributed by atoms with Crippen LogP contribution in [0.5, 0.6) is 5.75 Å². The van der Waals surface area contributed by atoms with Gasteiger partial charge in [0, 0.05) is 48.1 Å². The highest BCUT2D eigenvalue weighted by Gasteiger charge is 2.17. The minimum atomic E-state index is -0.651. The Kier molecular flexibility index (Phi) is 6.23. The molecule has 2 heterocycles. The smallest absolute Gasteiger partial charge is 0.163 e. The molecule has 0 unspecified atom stereocenters. The minimum absolute atomic E-state index is 0.266. The van der Waals surface area contributed by atoms with Gasteiger partial charge >= 0.3 is 0 Å². The van der Waals surface area contributed by atoms with E-state index in [4.69, 9.17) is 14.7 Å². The maximum atomic E-state index is 14.5. The van der Waals surface area contributed by atoms with Crippen LogP contribution < -0.4 is 10.1 Å². The molecule has 2 aromatic carbocycles. The number of methoxy groups -OCH3 is 1. The number of hydrogen-bond acceptors (Lipinski definition) is 6. The summed E-state index contributed by atoms with van der Waals surface area (Å²) in [5.41, 5.74) is 2.16. The van der Waals surface area contributed by atoms with Gasteiger partial charge in [-0.2, -0.15) is 0 Å². The van der Waals surface area contributed by atoms with E-state index in [0.717, 1.165) is 18.2 Å². The largest absolute Gasteiger partial charge is 0.494 e. The predicted molar refractivity (Wildman–Crippen MR) is 122 cm³/mol. The summed E-state index contributed by atoms with van der Waals surface area (Å²) in [6.07, 6.45) is 3.38. The van der Waals surface area contributed by atoms with Gasteiger partial charge in [0.15, 0.2) is 5.82 Å². The highest BCUT2D eigenvalue weighted by molar-refractivity contribution is 5.97. The zero-order chi connectivity index (χ0) is 22.7. The van der Waals surface area contributed by atoms with E-state index in [9.17, 15) is 8.78 Å². The summed E-state index contributed by atoms with van der Waals surface area (Å²) < 4.78 is 33.5. The van der Waals surface area contributed by atoms with Crippen molar-refractivity contribution in [3.05, 3.63) is 66.5 Å². The standard InChI is InChI=1S/C24H23F2N5O/c1-31(2)10-9-28-24-19-11-16(18-7-6-17(25)13-20(18)26)12-21(32-3)22(19)29-23(30-24)15-5-4-8-27-14-15/h4-8,11-14H,9-10H2,1-3H3,(H,28,29,30). The third-order valence-electron chi connectivity index (χ3n) is 5.00. The van der Waals surface area contributed by atoms with Gasteiger partial charge in [-0.25, -0.2) is 18.7 Å². The van der Waals surface area contributed by atoms with Crippen LogP contribution in [0.15, 0.2) is 54.9 Å². The lowest BCUT2D eigenvalue weighted by Gasteiger charge is -2.16. The van der Waals surface area contributed by atoms with E-state index < -0.39 is 11.6 Å². The topological polar surface area (TPSA) is 63.2 Å². The fourth-order valence-electron chi connectivity index (χ4n) is 3.39. The molecule has 6 nitrogen and oxygen atoms in total. The maximum absolute atomic E-state index is 14.5. The van der Waals surface area contributed by atoms with E-state index in [2.05, 4.69) is 15.2 Å². The summed E-state index contributed by atoms with van der Waals surface area (Å²) >= 11 is 0. The molecule has 0 aliphatic carbocycles. The number of nitrogens with one attached hydrogen (secondary N) is 1. The molecular weight excluding hydrogens is 412 g/mol. The molecule has 0 saturated carbocycles. The molecule has 0 atom stereocenters. The van der Waals surface area contributed by atoms with Crippen molar-refractivity contribution in [1.29, 1.82) is 0 Å². The molecule has 0 aliphatic heterocycles. The second-order valence-corrected chi connectivity index (χ2v) is 7.57. The Bertz CT molecular complexity index is 1250. The molecule has 8 heteroatoms. The van der Waals surface area contributed by atoms with Gasteiger partial charge in [0.2, 0.25) is 0 Å². The Hall–Kier alpha value is -3.65. The van der Waals surface area contributed by atoms with Crippen LogP contribution in [0.25, 0.3) is 33.4 Å². The Balaban J connectivity index is 1.92. The van der Waals surface area contributed by atoms with Gasteiger partial charge in [0.25, 0.3) is 0 Å². The first-order chi connectivity index (χ1) is 15.5. The number of benzene rings is 2. The Morgan fingerprint density at radius 2 is 1.88 bits per heavy atom. The summed E-state index contributed by atoms with van der Waals surface area (Å²) in [5.74, 6) is 0.274. The van der Waals surface area contributed by atoms with Crippen LogP contribution in [-0.2, 0) is 0 Å². The zero-order valence-electron chi connectivity index (χ0n) is 18.1. The van der Waals surface area contributed by atoms with Crippen molar-refractivity contribution in [1.82, 2.24) is 19.9 Å². The lowest BCUT2D eigenvalue weighted by atomic mass is 10.0. The fourth-order valence-corrected chi connectivity index (χ4v) is 3.39. The first-order valence-electron chi connectivity index (χ1n) is 10.1. The van der Waals surface area contributed by atoms with Gasteiger partial charge in [-0.05, 0) is 56.1 Å². The van der Waals surface area contributed by atoms with Crippen molar-refractivity contribution in [2.45, 2.75) is 0 Å². The van der Waals surface area contributed by atoms with Crippen LogP contribution in [-0.4, -0.2) is 54.1 Å². The molecule has 32 heavy (non-hydrogen) atoms. The summed E-state index contributed by atoms with van der Waals surface area (Å²) in [5, 5.41) is 4.04. The average Bonchev–Trinajstić information content (AvgIpc) is 2.78. The second kappa shape index (κ2) is 9.23. The molecule has 0 radical (unpaired) electrons. The van der Waals surface area contributed by atoms with E-state index in [1.807, 2.05) is 26.2 Å². The van der Waals surface area contributed by atoms with Crippen molar-refractivity contribution in [3.63, 3.8) is 0 Å². The quantitative estimate of drug-likeness (QED) is 0.457. The van der Waals surface area contributed by atoms with Crippen LogP contribution in [0.3, 0.4) is 0 Å². The number of ether oxygens (including phenoxy) is 1. The van der Waals surface area contributed by atoms with E-state index >= 15 is 0 Å². The van der Waals surface area contributed by atoms with Crippen molar-refractivity contribution < 1.29 is 13.5 Å². The second-order valence-electron chi connectivity index (χ2n) is 7.57. The van der Waals surface area contributed by atoms with Gasteiger partial charge in [-0.15, -0.1) is 0 Å². The lowest BCUT2D eigenvalue weighted by molar-refractivity contribution is 0.419. The number of rotatable bonds is 7. The highest BCUT2D eigenvalue weighted by atomic mass is 19.1. The monoisotopic (exact) mass is 435 g/mol. The maximum Gasteiger partial charge on any atom is 0.163 e. The Morgan fingerprint density at radius 1 is 1.03 bits per heavy atom. The van der Waals surface area contributed by atoms with Gasteiger partial charge in [0.1, 0.15) is 28.7 Å². The van der Waals surface area contributed by atoms with E-state index in [1.54, 1.807) is 24.5 Å². The third-order valence-corrected chi connectivity index (χ3v) is 5.00. The Labute approximate surface area is 184 Å². The summed E-state index contributed by atoms with van der Waals surface area (Å²) in [6, 6.07) is 10.7. The number of aromatic nitrogens is 3. The van der Waals surface area contributed by atoms with Gasteiger partial charge in [-0.1, -0.05) is 0 Å². The highest BCUT2D eigenvalue weighted by Crippen LogP contribution is 2.36. The molecule has 4 rings (SSSR count). The van der Waals surface area contributed by atoms with Crippen molar-refractivity contribution in [3.8, 4) is 28.3 Å². The van der Waals surface area contributed by atoms with E-state index in [0.29, 0.717) is 40.4 Å². The average molecular weight is 435 g/mol. The van der Waals surface area contributed by atoms with Crippen molar-refractivity contribution in [2.24, 2.45) is 0 Å². The molecular formula is C24H23F2N5O. The van der Waals surface area contributed by atoms with Crippen molar-refractivity contribution in [2.75, 3.05) is 39.6 Å². The van der Waals surface area contributed by atoms with Crippen LogP contribution >= 0.6 is 0 Å². The fraction of sp³-hybridized carbons (Fsp3) is 0.208. The lowest BCUT2D eigenvalue weighted by Crippen LogP contribution is -2.21. The predicted octanol–water partition coefficient (Wildman–Crippen LogP) is 4.62. The number of hydrogen-bond donors (Lipinski definition) is 1. The van der Waals surface area contributed by atoms with E-state index in [-0.39, 0.29) is 5.56 Å². The summed E-state index contributed by atoms with van der Waals surface area (Å²) in [7, 11) is 5.50. The first-order valence-corrected chi connectivity index (χ1v) is 10.1. The van der Waals surface area contributed by atoms with Gasteiger partial charge < -0.3 is 15.0 Å². The van der Waals surface area contributed by atoms with Crippen molar-refractivity contribution >= 4 is 16.7 Å². The Morgan fingerprint density at radius 3 is 2.56 bits per heavy atom. The van der Waals surface area contributed by atoms with Crippen LogP contribution in [0.4, 0.5) is 14.6 Å². The molecule has 1 N–H and O–H groups in total. The van der Waals surface area contributed by atoms with Crippen LogP contribution in [0.1, 0.15) is 0 Å². The molecule has 0 amide bonds.